The maximum Gasteiger partial charge on any atom is 0.138 e. The molecule has 0 amide bonds. The van der Waals surface area contributed by atoms with Gasteiger partial charge in [0, 0.05) is 22.2 Å². The molecule has 0 aliphatic heterocycles. The molecule has 0 aliphatic carbocycles. The minimum absolute atomic E-state index is 0.0329. The van der Waals surface area contributed by atoms with E-state index in [1.54, 1.807) is 48.7 Å². The maximum absolute atomic E-state index is 7.37. The Kier molecular flexibility index (Phi) is 3.46. The molecule has 0 radical (unpaired) electrons. The van der Waals surface area contributed by atoms with Crippen LogP contribution in [0.15, 0.2) is 54.7 Å². The van der Waals surface area contributed by atoms with Crippen molar-refractivity contribution < 1.29 is 4.74 Å². The molecule has 104 valence electrons. The standard InChI is InChI=1S/C16H12ClN3O/c17-11-3-6-13-14(9-11)20-8-7-15(13)21-12-4-1-10(2-5-12)16(18)19/h1-9H,(H3,18,19). The second-order valence-electron chi connectivity index (χ2n) is 4.51. The normalized spacial score (nSPS) is 10.5. The first kappa shape index (κ1) is 13.4. The summed E-state index contributed by atoms with van der Waals surface area (Å²) in [7, 11) is 0. The van der Waals surface area contributed by atoms with Gasteiger partial charge in [-0.2, -0.15) is 0 Å². The average Bonchev–Trinajstić information content (AvgIpc) is 2.47. The van der Waals surface area contributed by atoms with Crippen molar-refractivity contribution >= 4 is 28.3 Å². The van der Waals surface area contributed by atoms with Gasteiger partial charge in [-0.15, -0.1) is 0 Å². The number of benzene rings is 2. The van der Waals surface area contributed by atoms with Crippen molar-refractivity contribution in [2.75, 3.05) is 0 Å². The van der Waals surface area contributed by atoms with Gasteiger partial charge < -0.3 is 10.5 Å². The van der Waals surface area contributed by atoms with Crippen molar-refractivity contribution in [2.24, 2.45) is 5.73 Å². The second kappa shape index (κ2) is 5.42. The van der Waals surface area contributed by atoms with E-state index in [2.05, 4.69) is 4.98 Å². The number of nitrogens with zero attached hydrogens (tertiary/aromatic N) is 1. The van der Waals surface area contributed by atoms with Crippen LogP contribution in [0.3, 0.4) is 0 Å². The molecule has 0 unspecified atom stereocenters. The van der Waals surface area contributed by atoms with Crippen molar-refractivity contribution in [2.45, 2.75) is 0 Å². The van der Waals surface area contributed by atoms with E-state index < -0.39 is 0 Å². The number of nitrogens with one attached hydrogen (secondary N) is 1. The van der Waals surface area contributed by atoms with Gasteiger partial charge >= 0.3 is 0 Å². The maximum atomic E-state index is 7.37. The van der Waals surface area contributed by atoms with Crippen LogP contribution in [0.25, 0.3) is 10.9 Å². The summed E-state index contributed by atoms with van der Waals surface area (Å²) < 4.78 is 5.87. The monoisotopic (exact) mass is 297 g/mol. The van der Waals surface area contributed by atoms with Crippen LogP contribution in [-0.4, -0.2) is 10.8 Å². The van der Waals surface area contributed by atoms with Gasteiger partial charge in [0.1, 0.15) is 17.3 Å². The molecule has 0 spiro atoms. The van der Waals surface area contributed by atoms with Crippen molar-refractivity contribution in [3.8, 4) is 11.5 Å². The minimum atomic E-state index is 0.0329. The van der Waals surface area contributed by atoms with Crippen LogP contribution in [0.1, 0.15) is 5.56 Å². The molecule has 0 atom stereocenters. The lowest BCUT2D eigenvalue weighted by molar-refractivity contribution is 0.488. The predicted molar refractivity (Wildman–Crippen MR) is 84.3 cm³/mol. The number of hydrogen-bond acceptors (Lipinski definition) is 3. The Bertz CT molecular complexity index is 815. The Morgan fingerprint density at radius 2 is 1.86 bits per heavy atom. The smallest absolute Gasteiger partial charge is 0.138 e. The lowest BCUT2D eigenvalue weighted by Crippen LogP contribution is -2.10. The molecule has 4 nitrogen and oxygen atoms in total. The van der Waals surface area contributed by atoms with E-state index in [-0.39, 0.29) is 5.84 Å². The van der Waals surface area contributed by atoms with Crippen molar-refractivity contribution in [1.29, 1.82) is 5.41 Å². The highest BCUT2D eigenvalue weighted by Crippen LogP contribution is 2.30. The zero-order chi connectivity index (χ0) is 14.8. The average molecular weight is 298 g/mol. The number of pyridine rings is 1. The summed E-state index contributed by atoms with van der Waals surface area (Å²) in [5, 5.41) is 8.89. The summed E-state index contributed by atoms with van der Waals surface area (Å²) in [6, 6.07) is 14.3. The lowest BCUT2D eigenvalue weighted by Gasteiger charge is -2.09. The number of ether oxygens (including phenoxy) is 1. The third-order valence-electron chi connectivity index (χ3n) is 3.06. The molecule has 21 heavy (non-hydrogen) atoms. The van der Waals surface area contributed by atoms with Crippen molar-refractivity contribution in [3.05, 3.63) is 65.3 Å². The van der Waals surface area contributed by atoms with E-state index in [4.69, 9.17) is 27.5 Å². The first-order chi connectivity index (χ1) is 10.1. The third kappa shape index (κ3) is 2.80. The molecule has 1 heterocycles. The highest BCUT2D eigenvalue weighted by Gasteiger charge is 2.05. The van der Waals surface area contributed by atoms with Crippen LogP contribution in [0.2, 0.25) is 5.02 Å². The Hall–Kier alpha value is -2.59. The number of nitrogen functional groups attached to an aromatic ring is 1. The van der Waals surface area contributed by atoms with E-state index in [1.807, 2.05) is 6.07 Å². The Balaban J connectivity index is 1.96. The van der Waals surface area contributed by atoms with Gasteiger partial charge in [-0.05, 0) is 48.5 Å². The molecule has 3 N–H and O–H groups in total. The zero-order valence-electron chi connectivity index (χ0n) is 11.0. The number of nitrogens with two attached hydrogens (primary N) is 1. The third-order valence-corrected chi connectivity index (χ3v) is 3.29. The van der Waals surface area contributed by atoms with E-state index in [9.17, 15) is 0 Å². The minimum Gasteiger partial charge on any atom is -0.457 e. The molecule has 0 saturated heterocycles. The van der Waals surface area contributed by atoms with Crippen LogP contribution in [0.4, 0.5) is 0 Å². The predicted octanol–water partition coefficient (Wildman–Crippen LogP) is 3.96. The number of aromatic nitrogens is 1. The fourth-order valence-electron chi connectivity index (χ4n) is 2.01. The summed E-state index contributed by atoms with van der Waals surface area (Å²) in [6.07, 6.45) is 1.68. The first-order valence-electron chi connectivity index (χ1n) is 6.30. The summed E-state index contributed by atoms with van der Waals surface area (Å²) in [6.45, 7) is 0. The molecule has 1 aromatic heterocycles. The van der Waals surface area contributed by atoms with Crippen molar-refractivity contribution in [3.63, 3.8) is 0 Å². The van der Waals surface area contributed by atoms with Crippen LogP contribution >= 0.6 is 11.6 Å². The topological polar surface area (TPSA) is 72.0 Å². The van der Waals surface area contributed by atoms with Crippen LogP contribution < -0.4 is 10.5 Å². The van der Waals surface area contributed by atoms with E-state index in [0.717, 1.165) is 10.9 Å². The quantitative estimate of drug-likeness (QED) is 0.567. The number of amidine groups is 1. The van der Waals surface area contributed by atoms with E-state index in [1.165, 1.54) is 0 Å². The molecule has 2 aromatic carbocycles. The number of hydrogen-bond donors (Lipinski definition) is 2. The van der Waals surface area contributed by atoms with Crippen molar-refractivity contribution in [1.82, 2.24) is 4.98 Å². The summed E-state index contributed by atoms with van der Waals surface area (Å²) >= 11 is 5.97. The fraction of sp³-hybridized carbons (Fsp3) is 0. The molecular formula is C16H12ClN3O. The van der Waals surface area contributed by atoms with Crippen LogP contribution in [0, 0.1) is 5.41 Å². The Labute approximate surface area is 126 Å². The molecule has 5 heteroatoms. The first-order valence-corrected chi connectivity index (χ1v) is 6.68. The van der Waals surface area contributed by atoms with E-state index >= 15 is 0 Å². The van der Waals surface area contributed by atoms with Gasteiger partial charge in [-0.25, -0.2) is 0 Å². The van der Waals surface area contributed by atoms with Gasteiger partial charge in [0.15, 0.2) is 0 Å². The second-order valence-corrected chi connectivity index (χ2v) is 4.95. The van der Waals surface area contributed by atoms with Gasteiger partial charge in [-0.3, -0.25) is 10.4 Å². The van der Waals surface area contributed by atoms with Gasteiger partial charge in [0.2, 0.25) is 0 Å². The fourth-order valence-corrected chi connectivity index (χ4v) is 2.18. The molecule has 0 aliphatic rings. The molecule has 0 saturated carbocycles. The van der Waals surface area contributed by atoms with Gasteiger partial charge in [0.25, 0.3) is 0 Å². The SMILES string of the molecule is N=C(N)c1ccc(Oc2ccnc3cc(Cl)ccc23)cc1. The highest BCUT2D eigenvalue weighted by molar-refractivity contribution is 6.31. The lowest BCUT2D eigenvalue weighted by atomic mass is 10.2. The summed E-state index contributed by atoms with van der Waals surface area (Å²) in [5.74, 6) is 1.40. The van der Waals surface area contributed by atoms with Gasteiger partial charge in [0.05, 0.1) is 5.52 Å². The van der Waals surface area contributed by atoms with E-state index in [0.29, 0.717) is 22.1 Å². The van der Waals surface area contributed by atoms with Crippen LogP contribution in [0.5, 0.6) is 11.5 Å². The Morgan fingerprint density at radius 3 is 2.57 bits per heavy atom. The van der Waals surface area contributed by atoms with Crippen LogP contribution in [-0.2, 0) is 0 Å². The highest BCUT2D eigenvalue weighted by atomic mass is 35.5. The molecule has 3 aromatic rings. The zero-order valence-corrected chi connectivity index (χ0v) is 11.8. The number of halogens is 1. The number of fused-ring (bicyclic) bond motifs is 1. The molecule has 0 fully saturated rings. The molecule has 3 rings (SSSR count). The summed E-state index contributed by atoms with van der Waals surface area (Å²) in [5.41, 5.74) is 6.87. The largest absolute Gasteiger partial charge is 0.457 e. The molecular weight excluding hydrogens is 286 g/mol. The number of rotatable bonds is 3. The Morgan fingerprint density at radius 1 is 1.10 bits per heavy atom. The van der Waals surface area contributed by atoms with Gasteiger partial charge in [-0.1, -0.05) is 11.6 Å². The molecule has 0 bridgehead atoms. The summed E-state index contributed by atoms with van der Waals surface area (Å²) in [4.78, 5) is 4.27.